The van der Waals surface area contributed by atoms with Crippen molar-refractivity contribution in [2.24, 2.45) is 0 Å². The molecule has 0 amide bonds. The molecule has 0 aliphatic carbocycles. The Kier molecular flexibility index (Phi) is 3.60. The minimum Gasteiger partial charge on any atom is -0.468 e. The van der Waals surface area contributed by atoms with Crippen LogP contribution in [-0.2, 0) is 15.6 Å². The zero-order valence-corrected chi connectivity index (χ0v) is 12.2. The van der Waals surface area contributed by atoms with E-state index in [1.165, 1.54) is 12.5 Å². The van der Waals surface area contributed by atoms with Crippen molar-refractivity contribution in [2.45, 2.75) is 10.6 Å². The van der Waals surface area contributed by atoms with Gasteiger partial charge in [0, 0.05) is 18.0 Å². The average Bonchev–Trinajstić information content (AvgIpc) is 3.00. The van der Waals surface area contributed by atoms with E-state index >= 15 is 0 Å². The first-order valence-electron chi connectivity index (χ1n) is 6.34. The van der Waals surface area contributed by atoms with E-state index in [1.807, 2.05) is 0 Å². The maximum absolute atomic E-state index is 12.3. The summed E-state index contributed by atoms with van der Waals surface area (Å²) < 4.78 is 29.7. The van der Waals surface area contributed by atoms with Crippen LogP contribution in [0.4, 0.5) is 5.82 Å². The van der Waals surface area contributed by atoms with Crippen LogP contribution in [0.2, 0.25) is 0 Å². The van der Waals surface area contributed by atoms with Crippen LogP contribution >= 0.6 is 0 Å². The lowest BCUT2D eigenvalue weighted by molar-refractivity contribution is 0.520. The Morgan fingerprint density at radius 3 is 2.59 bits per heavy atom. The predicted molar refractivity (Wildman–Crippen MR) is 79.3 cm³/mol. The highest BCUT2D eigenvalue weighted by atomic mass is 32.2. The molecule has 8 heteroatoms. The van der Waals surface area contributed by atoms with Crippen molar-refractivity contribution < 1.29 is 12.8 Å². The topological polar surface area (TPSA) is 112 Å². The standard InChI is InChI=1S/C14H12N4O3S/c15-13-12(22(19,20)9-11-2-1-7-21-11)8-17-14(18-13)10-3-5-16-6-4-10/h1-8H,9H2,(H2,15,17,18). The van der Waals surface area contributed by atoms with Crippen molar-refractivity contribution in [2.75, 3.05) is 5.73 Å². The molecule has 3 aromatic heterocycles. The van der Waals surface area contributed by atoms with E-state index in [0.717, 1.165) is 0 Å². The Morgan fingerprint density at radius 1 is 1.18 bits per heavy atom. The molecule has 0 aliphatic heterocycles. The Hall–Kier alpha value is -2.74. The molecular formula is C14H12N4O3S. The molecule has 3 aromatic rings. The second-order valence-corrected chi connectivity index (χ2v) is 6.48. The number of sulfone groups is 1. The number of rotatable bonds is 4. The van der Waals surface area contributed by atoms with Gasteiger partial charge in [0.25, 0.3) is 0 Å². The number of nitrogens with two attached hydrogens (primary N) is 1. The maximum Gasteiger partial charge on any atom is 0.190 e. The molecule has 0 fully saturated rings. The van der Waals surface area contributed by atoms with Gasteiger partial charge < -0.3 is 10.2 Å². The summed E-state index contributed by atoms with van der Waals surface area (Å²) in [6, 6.07) is 6.63. The normalized spacial score (nSPS) is 11.5. The molecule has 0 unspecified atom stereocenters. The summed E-state index contributed by atoms with van der Waals surface area (Å²) >= 11 is 0. The number of hydrogen-bond donors (Lipinski definition) is 1. The SMILES string of the molecule is Nc1nc(-c2ccncc2)ncc1S(=O)(=O)Cc1ccco1. The van der Waals surface area contributed by atoms with Crippen molar-refractivity contribution in [3.8, 4) is 11.4 Å². The molecule has 0 bridgehead atoms. The van der Waals surface area contributed by atoms with Gasteiger partial charge in [-0.1, -0.05) is 0 Å². The highest BCUT2D eigenvalue weighted by molar-refractivity contribution is 7.90. The van der Waals surface area contributed by atoms with Crippen LogP contribution in [-0.4, -0.2) is 23.4 Å². The van der Waals surface area contributed by atoms with Gasteiger partial charge in [0.2, 0.25) is 0 Å². The van der Waals surface area contributed by atoms with Crippen molar-refractivity contribution >= 4 is 15.7 Å². The molecule has 0 spiro atoms. The van der Waals surface area contributed by atoms with Gasteiger partial charge in [-0.15, -0.1) is 0 Å². The Balaban J connectivity index is 1.96. The van der Waals surface area contributed by atoms with Crippen LogP contribution in [0.5, 0.6) is 0 Å². The first-order chi connectivity index (χ1) is 10.6. The zero-order chi connectivity index (χ0) is 15.6. The van der Waals surface area contributed by atoms with Gasteiger partial charge in [-0.25, -0.2) is 18.4 Å². The van der Waals surface area contributed by atoms with Gasteiger partial charge in [-0.3, -0.25) is 4.98 Å². The van der Waals surface area contributed by atoms with Crippen molar-refractivity contribution in [1.29, 1.82) is 0 Å². The van der Waals surface area contributed by atoms with Crippen LogP contribution < -0.4 is 5.73 Å². The second kappa shape index (κ2) is 5.57. The summed E-state index contributed by atoms with van der Waals surface area (Å²) in [4.78, 5) is 11.9. The molecule has 0 aliphatic rings. The second-order valence-electron chi connectivity index (χ2n) is 4.52. The molecule has 3 heterocycles. The van der Waals surface area contributed by atoms with Gasteiger partial charge in [-0.05, 0) is 24.3 Å². The molecular weight excluding hydrogens is 304 g/mol. The number of aromatic nitrogens is 3. The zero-order valence-electron chi connectivity index (χ0n) is 11.4. The van der Waals surface area contributed by atoms with E-state index in [2.05, 4.69) is 15.0 Å². The summed E-state index contributed by atoms with van der Waals surface area (Å²) in [5.41, 5.74) is 6.50. The van der Waals surface area contributed by atoms with Gasteiger partial charge in [-0.2, -0.15) is 0 Å². The fourth-order valence-electron chi connectivity index (χ4n) is 1.92. The highest BCUT2D eigenvalue weighted by Crippen LogP contribution is 2.23. The molecule has 7 nitrogen and oxygen atoms in total. The number of anilines is 1. The number of nitrogens with zero attached hydrogens (tertiary/aromatic N) is 3. The fraction of sp³-hybridized carbons (Fsp3) is 0.0714. The lowest BCUT2D eigenvalue weighted by Crippen LogP contribution is -2.10. The van der Waals surface area contributed by atoms with E-state index < -0.39 is 9.84 Å². The first kappa shape index (κ1) is 14.2. The molecule has 0 radical (unpaired) electrons. The fourth-order valence-corrected chi connectivity index (χ4v) is 3.20. The van der Waals surface area contributed by atoms with E-state index in [1.54, 1.807) is 36.7 Å². The summed E-state index contributed by atoms with van der Waals surface area (Å²) in [6.07, 6.45) is 5.82. The van der Waals surface area contributed by atoms with Crippen molar-refractivity contribution in [3.05, 3.63) is 54.9 Å². The molecule has 0 saturated carbocycles. The molecule has 0 saturated heterocycles. The van der Waals surface area contributed by atoms with Gasteiger partial charge in [0.05, 0.1) is 12.5 Å². The summed E-state index contributed by atoms with van der Waals surface area (Å²) in [6.45, 7) is 0. The monoisotopic (exact) mass is 316 g/mol. The van der Waals surface area contributed by atoms with E-state index in [4.69, 9.17) is 10.2 Å². The smallest absolute Gasteiger partial charge is 0.190 e. The highest BCUT2D eigenvalue weighted by Gasteiger charge is 2.22. The molecule has 112 valence electrons. The van der Waals surface area contributed by atoms with Gasteiger partial charge in [0.1, 0.15) is 22.2 Å². The third kappa shape index (κ3) is 2.82. The number of pyridine rings is 1. The van der Waals surface area contributed by atoms with Crippen LogP contribution in [0.3, 0.4) is 0 Å². The maximum atomic E-state index is 12.3. The Bertz CT molecular complexity index is 878. The minimum atomic E-state index is -3.67. The molecule has 3 rings (SSSR count). The minimum absolute atomic E-state index is 0.0895. The molecule has 22 heavy (non-hydrogen) atoms. The van der Waals surface area contributed by atoms with Crippen molar-refractivity contribution in [3.63, 3.8) is 0 Å². The lowest BCUT2D eigenvalue weighted by atomic mass is 10.2. The first-order valence-corrected chi connectivity index (χ1v) is 7.99. The molecule has 2 N–H and O–H groups in total. The Morgan fingerprint density at radius 2 is 1.95 bits per heavy atom. The third-order valence-corrected chi connectivity index (χ3v) is 4.62. The van der Waals surface area contributed by atoms with Crippen LogP contribution in [0, 0.1) is 0 Å². The predicted octanol–water partition coefficient (Wildman–Crippen LogP) is 1.69. The summed E-state index contributed by atoms with van der Waals surface area (Å²) in [5.74, 6) is 0.296. The van der Waals surface area contributed by atoms with E-state index in [-0.39, 0.29) is 16.5 Å². The average molecular weight is 316 g/mol. The van der Waals surface area contributed by atoms with Crippen molar-refractivity contribution in [1.82, 2.24) is 15.0 Å². The van der Waals surface area contributed by atoms with Gasteiger partial charge >= 0.3 is 0 Å². The lowest BCUT2D eigenvalue weighted by Gasteiger charge is -2.07. The summed E-state index contributed by atoms with van der Waals surface area (Å²) in [5, 5.41) is 0. The number of furan rings is 1. The summed E-state index contributed by atoms with van der Waals surface area (Å²) in [7, 11) is -3.67. The Labute approximate surface area is 126 Å². The number of nitrogen functional groups attached to an aromatic ring is 1. The van der Waals surface area contributed by atoms with Crippen LogP contribution in [0.15, 0.2) is 58.4 Å². The van der Waals surface area contributed by atoms with E-state index in [0.29, 0.717) is 17.1 Å². The third-order valence-electron chi connectivity index (χ3n) is 2.97. The van der Waals surface area contributed by atoms with E-state index in [9.17, 15) is 8.42 Å². The largest absolute Gasteiger partial charge is 0.468 e. The molecule has 0 aromatic carbocycles. The van der Waals surface area contributed by atoms with Crippen LogP contribution in [0.1, 0.15) is 5.76 Å². The number of hydrogen-bond acceptors (Lipinski definition) is 7. The van der Waals surface area contributed by atoms with Crippen LogP contribution in [0.25, 0.3) is 11.4 Å². The quantitative estimate of drug-likeness (QED) is 0.779. The molecule has 0 atom stereocenters. The van der Waals surface area contributed by atoms with Gasteiger partial charge in [0.15, 0.2) is 15.7 Å².